The van der Waals surface area contributed by atoms with E-state index in [1.807, 2.05) is 0 Å². The molecule has 1 aromatic carbocycles. The van der Waals surface area contributed by atoms with Crippen LogP contribution >= 0.6 is 15.9 Å². The molecule has 18 heavy (non-hydrogen) atoms. The Hall–Kier alpha value is -0.0831. The summed E-state index contributed by atoms with van der Waals surface area (Å²) < 4.78 is 0. The second-order valence-electron chi connectivity index (χ2n) is 5.32. The quantitative estimate of drug-likeness (QED) is 0.439. The molecule has 0 saturated carbocycles. The minimum absolute atomic E-state index is 1.01. The summed E-state index contributed by atoms with van der Waals surface area (Å²) in [5.74, 6) is 0. The van der Waals surface area contributed by atoms with Gasteiger partial charge in [0, 0.05) is 5.33 Å². The van der Waals surface area contributed by atoms with Gasteiger partial charge in [-0.25, -0.2) is 0 Å². The lowest BCUT2D eigenvalue weighted by atomic mass is 10.2. The Kier molecular flexibility index (Phi) is 7.24. The van der Waals surface area contributed by atoms with Gasteiger partial charge in [-0.2, -0.15) is 0 Å². The molecule has 0 saturated heterocycles. The third-order valence-corrected chi connectivity index (χ3v) is 10.5. The van der Waals surface area contributed by atoms with Gasteiger partial charge in [-0.3, -0.25) is 0 Å². The van der Waals surface area contributed by atoms with Crippen LogP contribution in [0.3, 0.4) is 0 Å². The number of halogens is 1. The normalized spacial score (nSPS) is 11.8. The molecule has 0 amide bonds. The molecule has 0 atom stereocenters. The fraction of sp³-hybridized carbons (Fsp3) is 0.625. The van der Waals surface area contributed by atoms with Crippen molar-refractivity contribution in [2.45, 2.75) is 63.5 Å². The highest BCUT2D eigenvalue weighted by molar-refractivity contribution is 9.08. The van der Waals surface area contributed by atoms with Crippen molar-refractivity contribution in [3.05, 3.63) is 29.8 Å². The standard InChI is InChI=1S/C16H27BrSi/c1-4-11-18(12-5-2,13-6-3)16-10-8-7-9-15(16)14-17/h7-10H,4-6,11-14H2,1-3H3. The monoisotopic (exact) mass is 326 g/mol. The number of hydrogen-bond donors (Lipinski definition) is 0. The van der Waals surface area contributed by atoms with Crippen molar-refractivity contribution in [1.82, 2.24) is 0 Å². The highest BCUT2D eigenvalue weighted by atomic mass is 79.9. The molecule has 0 aliphatic rings. The van der Waals surface area contributed by atoms with Crippen molar-refractivity contribution in [1.29, 1.82) is 0 Å². The third-order valence-electron chi connectivity index (χ3n) is 3.92. The topological polar surface area (TPSA) is 0 Å². The maximum atomic E-state index is 3.68. The lowest BCUT2D eigenvalue weighted by molar-refractivity contribution is 0.936. The molecule has 0 fully saturated rings. The molecule has 2 heteroatoms. The van der Waals surface area contributed by atoms with Crippen LogP contribution in [0.15, 0.2) is 24.3 Å². The molecule has 0 radical (unpaired) electrons. The number of rotatable bonds is 8. The van der Waals surface area contributed by atoms with E-state index in [4.69, 9.17) is 0 Å². The molecule has 0 nitrogen and oxygen atoms in total. The van der Waals surface area contributed by atoms with E-state index in [-0.39, 0.29) is 0 Å². The Morgan fingerprint density at radius 2 is 1.39 bits per heavy atom. The van der Waals surface area contributed by atoms with E-state index in [1.54, 1.807) is 10.8 Å². The van der Waals surface area contributed by atoms with Gasteiger partial charge in [0.1, 0.15) is 0 Å². The Balaban J connectivity index is 3.20. The predicted molar refractivity (Wildman–Crippen MR) is 89.8 cm³/mol. The van der Waals surface area contributed by atoms with Crippen LogP contribution in [0, 0.1) is 0 Å². The molecule has 0 aromatic heterocycles. The van der Waals surface area contributed by atoms with E-state index in [2.05, 4.69) is 61.0 Å². The van der Waals surface area contributed by atoms with Crippen LogP contribution in [0.25, 0.3) is 0 Å². The average Bonchev–Trinajstić information content (AvgIpc) is 2.39. The van der Waals surface area contributed by atoms with E-state index < -0.39 is 8.07 Å². The van der Waals surface area contributed by atoms with Gasteiger partial charge in [0.05, 0.1) is 8.07 Å². The van der Waals surface area contributed by atoms with Crippen LogP contribution < -0.4 is 5.19 Å². The summed E-state index contributed by atoms with van der Waals surface area (Å²) in [5, 5.41) is 2.74. The maximum Gasteiger partial charge on any atom is 0.0870 e. The Morgan fingerprint density at radius 1 is 0.889 bits per heavy atom. The fourth-order valence-electron chi connectivity index (χ4n) is 3.37. The summed E-state index contributed by atoms with van der Waals surface area (Å²) >= 11 is 3.68. The molecule has 0 unspecified atom stereocenters. The number of alkyl halides is 1. The fourth-order valence-corrected chi connectivity index (χ4v) is 9.85. The van der Waals surface area contributed by atoms with Gasteiger partial charge < -0.3 is 0 Å². The highest BCUT2D eigenvalue weighted by Crippen LogP contribution is 2.27. The van der Waals surface area contributed by atoms with Crippen LogP contribution in [0.1, 0.15) is 45.6 Å². The SMILES string of the molecule is CCC[Si](CCC)(CCC)c1ccccc1CBr. The zero-order valence-corrected chi connectivity index (χ0v) is 14.7. The average molecular weight is 327 g/mol. The van der Waals surface area contributed by atoms with Crippen molar-refractivity contribution in [2.24, 2.45) is 0 Å². The largest absolute Gasteiger partial charge is 0.0876 e. The van der Waals surface area contributed by atoms with E-state index in [0.717, 1.165) is 5.33 Å². The van der Waals surface area contributed by atoms with Crippen LogP contribution in [-0.2, 0) is 5.33 Å². The molecule has 1 rings (SSSR count). The Labute approximate surface area is 122 Å². The molecule has 0 aliphatic carbocycles. The van der Waals surface area contributed by atoms with Crippen molar-refractivity contribution in [2.75, 3.05) is 0 Å². The van der Waals surface area contributed by atoms with Crippen molar-refractivity contribution in [3.8, 4) is 0 Å². The van der Waals surface area contributed by atoms with E-state index in [9.17, 15) is 0 Å². The molecular weight excluding hydrogens is 300 g/mol. The van der Waals surface area contributed by atoms with Crippen molar-refractivity contribution >= 4 is 29.2 Å². The summed E-state index contributed by atoms with van der Waals surface area (Å²) in [6, 6.07) is 13.5. The molecule has 0 bridgehead atoms. The lowest BCUT2D eigenvalue weighted by Gasteiger charge is -2.33. The zero-order chi connectivity index (χ0) is 13.4. The van der Waals surface area contributed by atoms with E-state index >= 15 is 0 Å². The van der Waals surface area contributed by atoms with Crippen molar-refractivity contribution < 1.29 is 0 Å². The van der Waals surface area contributed by atoms with Crippen molar-refractivity contribution in [3.63, 3.8) is 0 Å². The van der Waals surface area contributed by atoms with Gasteiger partial charge in [-0.05, 0) is 5.56 Å². The summed E-state index contributed by atoms with van der Waals surface area (Å²) in [4.78, 5) is 0. The smallest absolute Gasteiger partial charge is 0.0870 e. The van der Waals surface area contributed by atoms with E-state index in [0.29, 0.717) is 0 Å². The first-order valence-corrected chi connectivity index (χ1v) is 11.1. The van der Waals surface area contributed by atoms with Gasteiger partial charge in [0.2, 0.25) is 0 Å². The Bertz CT molecular complexity index is 332. The van der Waals surface area contributed by atoms with Gasteiger partial charge >= 0.3 is 0 Å². The first-order chi connectivity index (χ1) is 8.74. The Morgan fingerprint density at radius 3 is 1.83 bits per heavy atom. The van der Waals surface area contributed by atoms with Gasteiger partial charge in [-0.1, -0.05) is 104 Å². The lowest BCUT2D eigenvalue weighted by Crippen LogP contribution is -2.48. The molecule has 0 heterocycles. The summed E-state index contributed by atoms with van der Waals surface area (Å²) in [6.07, 6.45) is 4.01. The second-order valence-corrected chi connectivity index (χ2v) is 10.5. The number of benzene rings is 1. The summed E-state index contributed by atoms with van der Waals surface area (Å²) in [6.45, 7) is 7.05. The summed E-state index contributed by atoms with van der Waals surface area (Å²) in [7, 11) is -1.27. The number of hydrogen-bond acceptors (Lipinski definition) is 0. The molecular formula is C16H27BrSi. The maximum absolute atomic E-state index is 3.68. The molecule has 1 aromatic rings. The molecule has 102 valence electrons. The van der Waals surface area contributed by atoms with Gasteiger partial charge in [0.15, 0.2) is 0 Å². The molecule has 0 spiro atoms. The first kappa shape index (κ1) is 16.0. The minimum atomic E-state index is -1.27. The van der Waals surface area contributed by atoms with Crippen LogP contribution in [0.2, 0.25) is 18.1 Å². The minimum Gasteiger partial charge on any atom is -0.0876 e. The summed E-state index contributed by atoms with van der Waals surface area (Å²) in [5.41, 5.74) is 1.54. The van der Waals surface area contributed by atoms with Crippen LogP contribution in [0.4, 0.5) is 0 Å². The van der Waals surface area contributed by atoms with Crippen LogP contribution in [-0.4, -0.2) is 8.07 Å². The zero-order valence-electron chi connectivity index (χ0n) is 12.1. The van der Waals surface area contributed by atoms with Gasteiger partial charge in [0.25, 0.3) is 0 Å². The van der Waals surface area contributed by atoms with E-state index in [1.165, 1.54) is 37.4 Å². The second kappa shape index (κ2) is 8.16. The van der Waals surface area contributed by atoms with Gasteiger partial charge in [-0.15, -0.1) is 0 Å². The first-order valence-electron chi connectivity index (χ1n) is 7.38. The third kappa shape index (κ3) is 3.71. The predicted octanol–water partition coefficient (Wildman–Crippen LogP) is 5.47. The highest BCUT2D eigenvalue weighted by Gasteiger charge is 2.33. The molecule has 0 aliphatic heterocycles. The molecule has 0 N–H and O–H groups in total. The van der Waals surface area contributed by atoms with Crippen LogP contribution in [0.5, 0.6) is 0 Å².